The fourth-order valence-corrected chi connectivity index (χ4v) is 2.40. The van der Waals surface area contributed by atoms with Gasteiger partial charge >= 0.3 is 0 Å². The minimum Gasteiger partial charge on any atom is -0.495 e. The van der Waals surface area contributed by atoms with E-state index in [2.05, 4.69) is 10.3 Å². The standard InChI is InChI=1S/C14H19N5O2/c1-9-12(13(15)17-20)14(19(3)16-9)18(2)10-7-5-6-8-11(10)21-4/h5-8,20H,1-4H3,(H2,15,17). The van der Waals surface area contributed by atoms with Crippen molar-refractivity contribution in [2.75, 3.05) is 19.1 Å². The maximum absolute atomic E-state index is 8.98. The van der Waals surface area contributed by atoms with Crippen LogP contribution in [0, 0.1) is 6.92 Å². The van der Waals surface area contributed by atoms with Crippen molar-refractivity contribution in [3.8, 4) is 5.75 Å². The number of aromatic nitrogens is 2. The van der Waals surface area contributed by atoms with Crippen molar-refractivity contribution in [1.29, 1.82) is 0 Å². The molecule has 21 heavy (non-hydrogen) atoms. The van der Waals surface area contributed by atoms with Gasteiger partial charge in [0.15, 0.2) is 5.84 Å². The number of nitrogens with two attached hydrogens (primary N) is 1. The molecule has 0 saturated heterocycles. The van der Waals surface area contributed by atoms with Crippen LogP contribution in [0.1, 0.15) is 11.3 Å². The minimum absolute atomic E-state index is 0.0253. The quantitative estimate of drug-likeness (QED) is 0.386. The molecule has 7 nitrogen and oxygen atoms in total. The molecule has 1 aromatic carbocycles. The van der Waals surface area contributed by atoms with Gasteiger partial charge in [-0.05, 0) is 19.1 Å². The highest BCUT2D eigenvalue weighted by Crippen LogP contribution is 2.34. The number of anilines is 2. The Bertz CT molecular complexity index is 678. The lowest BCUT2D eigenvalue weighted by atomic mass is 10.2. The summed E-state index contributed by atoms with van der Waals surface area (Å²) in [6, 6.07) is 7.62. The van der Waals surface area contributed by atoms with Gasteiger partial charge in [0.05, 0.1) is 24.1 Å². The Kier molecular flexibility index (Phi) is 4.02. The summed E-state index contributed by atoms with van der Waals surface area (Å²) in [5, 5.41) is 16.4. The SMILES string of the molecule is COc1ccccc1N(C)c1c(C(N)=NO)c(C)nn1C. The third-order valence-corrected chi connectivity index (χ3v) is 3.32. The van der Waals surface area contributed by atoms with Crippen LogP contribution in [-0.4, -0.2) is 35.0 Å². The molecule has 0 aliphatic heterocycles. The number of aryl methyl sites for hydroxylation is 2. The number of oxime groups is 1. The molecule has 0 fully saturated rings. The minimum atomic E-state index is 0.0253. The molecule has 0 aliphatic rings. The molecule has 112 valence electrons. The zero-order valence-corrected chi connectivity index (χ0v) is 12.5. The molecule has 0 amide bonds. The zero-order chi connectivity index (χ0) is 15.6. The van der Waals surface area contributed by atoms with Crippen LogP contribution in [0.15, 0.2) is 29.4 Å². The van der Waals surface area contributed by atoms with E-state index in [0.717, 1.165) is 11.4 Å². The number of benzene rings is 1. The lowest BCUT2D eigenvalue weighted by molar-refractivity contribution is 0.318. The molecule has 2 rings (SSSR count). The molecule has 2 aromatic rings. The molecule has 1 heterocycles. The highest BCUT2D eigenvalue weighted by molar-refractivity contribution is 6.03. The summed E-state index contributed by atoms with van der Waals surface area (Å²) >= 11 is 0. The summed E-state index contributed by atoms with van der Waals surface area (Å²) in [6.45, 7) is 1.81. The van der Waals surface area contributed by atoms with E-state index >= 15 is 0 Å². The molecular weight excluding hydrogens is 270 g/mol. The monoisotopic (exact) mass is 289 g/mol. The molecule has 0 saturated carbocycles. The summed E-state index contributed by atoms with van der Waals surface area (Å²) < 4.78 is 7.07. The van der Waals surface area contributed by atoms with Gasteiger partial charge < -0.3 is 20.6 Å². The normalized spacial score (nSPS) is 11.5. The van der Waals surface area contributed by atoms with E-state index in [1.54, 1.807) is 11.8 Å². The molecule has 0 atom stereocenters. The van der Waals surface area contributed by atoms with Gasteiger partial charge in [0.25, 0.3) is 0 Å². The van der Waals surface area contributed by atoms with Gasteiger partial charge in [-0.1, -0.05) is 17.3 Å². The van der Waals surface area contributed by atoms with E-state index in [1.807, 2.05) is 50.2 Å². The highest BCUT2D eigenvalue weighted by atomic mass is 16.5. The first-order valence-corrected chi connectivity index (χ1v) is 6.39. The lowest BCUT2D eigenvalue weighted by Gasteiger charge is -2.22. The number of methoxy groups -OCH3 is 1. The van der Waals surface area contributed by atoms with Gasteiger partial charge in [-0.25, -0.2) is 0 Å². The molecule has 0 radical (unpaired) electrons. The van der Waals surface area contributed by atoms with Crippen LogP contribution in [0.2, 0.25) is 0 Å². The Balaban J connectivity index is 2.61. The van der Waals surface area contributed by atoms with Crippen LogP contribution in [0.3, 0.4) is 0 Å². The van der Waals surface area contributed by atoms with Crippen LogP contribution in [0.25, 0.3) is 0 Å². The van der Waals surface area contributed by atoms with Crippen molar-refractivity contribution in [3.63, 3.8) is 0 Å². The van der Waals surface area contributed by atoms with Gasteiger partial charge in [0.1, 0.15) is 11.6 Å². The maximum atomic E-state index is 8.98. The van der Waals surface area contributed by atoms with Crippen molar-refractivity contribution in [3.05, 3.63) is 35.5 Å². The van der Waals surface area contributed by atoms with Gasteiger partial charge in [-0.15, -0.1) is 0 Å². The topological polar surface area (TPSA) is 88.9 Å². The number of rotatable bonds is 4. The van der Waals surface area contributed by atoms with Crippen LogP contribution in [0.5, 0.6) is 5.75 Å². The predicted octanol–water partition coefficient (Wildman–Crippen LogP) is 1.60. The summed E-state index contributed by atoms with van der Waals surface area (Å²) in [6.07, 6.45) is 0. The smallest absolute Gasteiger partial charge is 0.175 e. The average Bonchev–Trinajstić information content (AvgIpc) is 2.80. The number of amidine groups is 1. The van der Waals surface area contributed by atoms with Crippen molar-refractivity contribution < 1.29 is 9.94 Å². The Morgan fingerprint density at radius 1 is 1.43 bits per heavy atom. The second-order valence-corrected chi connectivity index (χ2v) is 4.62. The fourth-order valence-electron chi connectivity index (χ4n) is 2.40. The molecule has 1 aromatic heterocycles. The summed E-state index contributed by atoms with van der Waals surface area (Å²) in [4.78, 5) is 1.90. The Morgan fingerprint density at radius 2 is 2.10 bits per heavy atom. The van der Waals surface area contributed by atoms with Crippen LogP contribution in [-0.2, 0) is 7.05 Å². The lowest BCUT2D eigenvalue weighted by Crippen LogP contribution is -2.21. The van der Waals surface area contributed by atoms with Crippen molar-refractivity contribution in [2.24, 2.45) is 17.9 Å². The summed E-state index contributed by atoms with van der Waals surface area (Å²) in [5.41, 5.74) is 7.92. The number of nitrogens with zero attached hydrogens (tertiary/aromatic N) is 4. The zero-order valence-electron chi connectivity index (χ0n) is 12.5. The molecule has 7 heteroatoms. The third kappa shape index (κ3) is 2.49. The van der Waals surface area contributed by atoms with Crippen molar-refractivity contribution >= 4 is 17.3 Å². The molecule has 0 aliphatic carbocycles. The number of ether oxygens (including phenoxy) is 1. The molecule has 0 unspecified atom stereocenters. The van der Waals surface area contributed by atoms with Crippen LogP contribution in [0.4, 0.5) is 11.5 Å². The van der Waals surface area contributed by atoms with Crippen molar-refractivity contribution in [2.45, 2.75) is 6.92 Å². The largest absolute Gasteiger partial charge is 0.495 e. The Morgan fingerprint density at radius 3 is 2.71 bits per heavy atom. The number of para-hydroxylation sites is 2. The maximum Gasteiger partial charge on any atom is 0.175 e. The van der Waals surface area contributed by atoms with Crippen molar-refractivity contribution in [1.82, 2.24) is 9.78 Å². The fraction of sp³-hybridized carbons (Fsp3) is 0.286. The summed E-state index contributed by atoms with van der Waals surface area (Å²) in [5.74, 6) is 1.47. The average molecular weight is 289 g/mol. The van der Waals surface area contributed by atoms with E-state index in [4.69, 9.17) is 15.7 Å². The van der Waals surface area contributed by atoms with E-state index in [9.17, 15) is 0 Å². The molecule has 0 bridgehead atoms. The van der Waals surface area contributed by atoms with E-state index in [1.165, 1.54) is 0 Å². The first-order chi connectivity index (χ1) is 10.0. The first-order valence-electron chi connectivity index (χ1n) is 6.39. The third-order valence-electron chi connectivity index (χ3n) is 3.32. The van der Waals surface area contributed by atoms with Crippen LogP contribution < -0.4 is 15.4 Å². The van der Waals surface area contributed by atoms with E-state index in [0.29, 0.717) is 17.1 Å². The second kappa shape index (κ2) is 5.74. The molecular formula is C14H19N5O2. The predicted molar refractivity (Wildman–Crippen MR) is 81.5 cm³/mol. The molecule has 0 spiro atoms. The van der Waals surface area contributed by atoms with E-state index < -0.39 is 0 Å². The van der Waals surface area contributed by atoms with Gasteiger partial charge in [-0.2, -0.15) is 5.10 Å². The van der Waals surface area contributed by atoms with Gasteiger partial charge in [0.2, 0.25) is 0 Å². The highest BCUT2D eigenvalue weighted by Gasteiger charge is 2.22. The first kappa shape index (κ1) is 14.7. The number of hydrogen-bond acceptors (Lipinski definition) is 5. The van der Waals surface area contributed by atoms with Crippen LogP contribution >= 0.6 is 0 Å². The van der Waals surface area contributed by atoms with Gasteiger partial charge in [0, 0.05) is 14.1 Å². The van der Waals surface area contributed by atoms with E-state index in [-0.39, 0.29) is 5.84 Å². The number of hydrogen-bond donors (Lipinski definition) is 2. The Labute approximate surface area is 123 Å². The summed E-state index contributed by atoms with van der Waals surface area (Å²) in [7, 11) is 5.30. The van der Waals surface area contributed by atoms with Gasteiger partial charge in [-0.3, -0.25) is 4.68 Å². The Hall–Kier alpha value is -2.70. The second-order valence-electron chi connectivity index (χ2n) is 4.62. The molecule has 3 N–H and O–H groups in total.